The molecule has 1 N–H and O–H groups in total. The molecule has 0 atom stereocenters. The molecule has 0 amide bonds. The van der Waals surface area contributed by atoms with Crippen molar-refractivity contribution in [2.45, 2.75) is 46.0 Å². The second-order valence-electron chi connectivity index (χ2n) is 5.68. The summed E-state index contributed by atoms with van der Waals surface area (Å²) in [6.45, 7) is 4.45. The summed E-state index contributed by atoms with van der Waals surface area (Å²) in [6.07, 6.45) is 5.25. The van der Waals surface area contributed by atoms with Crippen molar-refractivity contribution in [3.63, 3.8) is 0 Å². The number of unbranched alkanes of at least 4 members (excludes halogenated alkanes) is 2. The molecule has 1 aromatic rings. The van der Waals surface area contributed by atoms with Crippen molar-refractivity contribution in [3.05, 3.63) is 41.7 Å². The lowest BCUT2D eigenvalue weighted by molar-refractivity contribution is -0.135. The zero-order valence-electron chi connectivity index (χ0n) is 13.3. The minimum absolute atomic E-state index is 0.0602. The second kappa shape index (κ2) is 9.22. The molecule has 0 saturated heterocycles. The third-order valence-electron chi connectivity index (χ3n) is 3.50. The first kappa shape index (κ1) is 17.3. The number of allylic oxidation sites excluding steroid dienone is 1. The molecule has 0 bridgehead atoms. The van der Waals surface area contributed by atoms with Gasteiger partial charge in [-0.15, -0.1) is 0 Å². The van der Waals surface area contributed by atoms with Crippen molar-refractivity contribution in [1.82, 2.24) is 0 Å². The zero-order chi connectivity index (χ0) is 15.7. The van der Waals surface area contributed by atoms with Crippen LogP contribution in [0, 0.1) is 5.92 Å². The van der Waals surface area contributed by atoms with Gasteiger partial charge in [-0.05, 0) is 24.3 Å². The Hall–Kier alpha value is -1.77. The van der Waals surface area contributed by atoms with Gasteiger partial charge in [0, 0.05) is 5.57 Å². The average molecular weight is 290 g/mol. The number of carboxylic acid groups (broad SMARTS) is 1. The average Bonchev–Trinajstić information content (AvgIpc) is 2.46. The number of methoxy groups -OCH3 is 1. The van der Waals surface area contributed by atoms with E-state index in [4.69, 9.17) is 4.74 Å². The minimum atomic E-state index is -1.00. The Labute approximate surface area is 127 Å². The van der Waals surface area contributed by atoms with Crippen LogP contribution in [0.2, 0.25) is 0 Å². The zero-order valence-corrected chi connectivity index (χ0v) is 13.3. The van der Waals surface area contributed by atoms with E-state index in [1.54, 1.807) is 0 Å². The van der Waals surface area contributed by atoms with Gasteiger partial charge in [0.05, 0.1) is 7.11 Å². The Bertz CT molecular complexity index is 461. The van der Waals surface area contributed by atoms with E-state index in [9.17, 15) is 9.90 Å². The van der Waals surface area contributed by atoms with Crippen LogP contribution in [-0.4, -0.2) is 18.2 Å². The van der Waals surface area contributed by atoms with Crippen LogP contribution in [0.1, 0.15) is 51.5 Å². The van der Waals surface area contributed by atoms with Crippen molar-refractivity contribution >= 4 is 11.5 Å². The molecule has 0 fully saturated rings. The normalized spacial score (nSPS) is 12.2. The van der Waals surface area contributed by atoms with Crippen LogP contribution in [-0.2, 0) is 9.53 Å². The summed E-state index contributed by atoms with van der Waals surface area (Å²) >= 11 is 0. The van der Waals surface area contributed by atoms with Crippen LogP contribution >= 0.6 is 0 Å². The molecule has 0 aliphatic rings. The Morgan fingerprint density at radius 1 is 1.14 bits per heavy atom. The summed E-state index contributed by atoms with van der Waals surface area (Å²) in [4.78, 5) is 11.3. The van der Waals surface area contributed by atoms with Gasteiger partial charge >= 0.3 is 5.97 Å². The predicted molar refractivity (Wildman–Crippen MR) is 85.9 cm³/mol. The van der Waals surface area contributed by atoms with Gasteiger partial charge in [-0.25, -0.2) is 4.79 Å². The third kappa shape index (κ3) is 6.03. The van der Waals surface area contributed by atoms with E-state index in [0.717, 1.165) is 36.3 Å². The smallest absolute Gasteiger partial charge is 0.371 e. The van der Waals surface area contributed by atoms with Gasteiger partial charge in [0.15, 0.2) is 0 Å². The molecule has 0 aromatic heterocycles. The number of carbonyl (C=O) groups is 1. The Kier molecular flexibility index (Phi) is 7.59. The van der Waals surface area contributed by atoms with Crippen LogP contribution < -0.4 is 0 Å². The van der Waals surface area contributed by atoms with Gasteiger partial charge < -0.3 is 9.84 Å². The van der Waals surface area contributed by atoms with E-state index in [0.29, 0.717) is 0 Å². The number of ether oxygens (including phenoxy) is 1. The molecular formula is C18H26O3. The summed E-state index contributed by atoms with van der Waals surface area (Å²) in [5.41, 5.74) is 1.72. The van der Waals surface area contributed by atoms with Crippen molar-refractivity contribution in [2.24, 2.45) is 5.92 Å². The number of hydrogen-bond donors (Lipinski definition) is 1. The first-order valence-corrected chi connectivity index (χ1v) is 7.62. The summed E-state index contributed by atoms with van der Waals surface area (Å²) in [6, 6.07) is 9.64. The molecule has 3 nitrogen and oxygen atoms in total. The van der Waals surface area contributed by atoms with E-state index in [1.807, 2.05) is 30.3 Å². The lowest BCUT2D eigenvalue weighted by Gasteiger charge is -2.12. The molecule has 0 saturated carbocycles. The first-order chi connectivity index (χ1) is 10.1. The molecule has 0 heterocycles. The highest BCUT2D eigenvalue weighted by atomic mass is 16.5. The molecule has 21 heavy (non-hydrogen) atoms. The van der Waals surface area contributed by atoms with E-state index in [1.165, 1.54) is 20.0 Å². The molecule has 0 aliphatic carbocycles. The van der Waals surface area contributed by atoms with Crippen molar-refractivity contribution in [2.75, 3.05) is 7.11 Å². The van der Waals surface area contributed by atoms with E-state index >= 15 is 0 Å². The monoisotopic (exact) mass is 290 g/mol. The van der Waals surface area contributed by atoms with Crippen LogP contribution in [0.4, 0.5) is 0 Å². The fraction of sp³-hybridized carbons (Fsp3) is 0.500. The summed E-state index contributed by atoms with van der Waals surface area (Å²) in [5.74, 6) is -0.216. The highest BCUT2D eigenvalue weighted by Crippen LogP contribution is 2.26. The molecule has 1 rings (SSSR count). The van der Waals surface area contributed by atoms with Gasteiger partial charge in [0.2, 0.25) is 5.76 Å². The molecule has 116 valence electrons. The largest absolute Gasteiger partial charge is 0.490 e. The lowest BCUT2D eigenvalue weighted by atomic mass is 9.97. The van der Waals surface area contributed by atoms with E-state index in [-0.39, 0.29) is 5.76 Å². The SMILES string of the molecule is COC(C(=O)O)=C(CCCCCC(C)C)c1ccccc1. The number of rotatable bonds is 9. The Morgan fingerprint density at radius 3 is 2.33 bits per heavy atom. The standard InChI is InChI=1S/C18H26O3/c1-14(2)10-6-4-9-13-16(17(21-3)18(19)20)15-11-7-5-8-12-15/h5,7-8,11-12,14H,4,6,9-10,13H2,1-3H3,(H,19,20). The topological polar surface area (TPSA) is 46.5 Å². The lowest BCUT2D eigenvalue weighted by Crippen LogP contribution is -2.06. The van der Waals surface area contributed by atoms with Crippen molar-refractivity contribution in [1.29, 1.82) is 0 Å². The molecule has 1 aromatic carbocycles. The summed E-state index contributed by atoms with van der Waals surface area (Å²) in [7, 11) is 1.42. The van der Waals surface area contributed by atoms with Gasteiger partial charge in [-0.3, -0.25) is 0 Å². The van der Waals surface area contributed by atoms with Crippen molar-refractivity contribution in [3.8, 4) is 0 Å². The maximum absolute atomic E-state index is 11.3. The molecule has 0 aliphatic heterocycles. The van der Waals surface area contributed by atoms with Crippen LogP contribution in [0.3, 0.4) is 0 Å². The van der Waals surface area contributed by atoms with Gasteiger partial charge in [-0.1, -0.05) is 63.4 Å². The quantitative estimate of drug-likeness (QED) is 0.406. The van der Waals surface area contributed by atoms with Gasteiger partial charge in [-0.2, -0.15) is 0 Å². The maximum atomic E-state index is 11.3. The van der Waals surface area contributed by atoms with Crippen LogP contribution in [0.5, 0.6) is 0 Å². The van der Waals surface area contributed by atoms with Crippen LogP contribution in [0.15, 0.2) is 36.1 Å². The molecule has 3 heteroatoms. The number of carboxylic acids is 1. The maximum Gasteiger partial charge on any atom is 0.371 e. The number of benzene rings is 1. The fourth-order valence-corrected chi connectivity index (χ4v) is 2.40. The summed E-state index contributed by atoms with van der Waals surface area (Å²) < 4.78 is 5.10. The number of hydrogen-bond acceptors (Lipinski definition) is 2. The fourth-order valence-electron chi connectivity index (χ4n) is 2.40. The first-order valence-electron chi connectivity index (χ1n) is 7.62. The van der Waals surface area contributed by atoms with E-state index < -0.39 is 5.97 Å². The minimum Gasteiger partial charge on any atom is -0.490 e. The third-order valence-corrected chi connectivity index (χ3v) is 3.50. The van der Waals surface area contributed by atoms with Gasteiger partial charge in [0.25, 0.3) is 0 Å². The number of aliphatic carboxylic acids is 1. The van der Waals surface area contributed by atoms with E-state index in [2.05, 4.69) is 13.8 Å². The second-order valence-corrected chi connectivity index (χ2v) is 5.68. The van der Waals surface area contributed by atoms with Crippen LogP contribution in [0.25, 0.3) is 5.57 Å². The van der Waals surface area contributed by atoms with Gasteiger partial charge in [0.1, 0.15) is 0 Å². The molecule has 0 spiro atoms. The van der Waals surface area contributed by atoms with Crippen molar-refractivity contribution < 1.29 is 14.6 Å². The highest BCUT2D eigenvalue weighted by Gasteiger charge is 2.16. The molecule has 0 unspecified atom stereocenters. The molecular weight excluding hydrogens is 264 g/mol. The highest BCUT2D eigenvalue weighted by molar-refractivity contribution is 5.94. The summed E-state index contributed by atoms with van der Waals surface area (Å²) in [5, 5.41) is 9.30. The Balaban J connectivity index is 2.77. The Morgan fingerprint density at radius 2 is 1.81 bits per heavy atom. The molecule has 0 radical (unpaired) electrons. The predicted octanol–water partition coefficient (Wildman–Crippen LogP) is 4.74.